The Labute approximate surface area is 143 Å². The number of halogens is 1. The summed E-state index contributed by atoms with van der Waals surface area (Å²) in [6.07, 6.45) is 4.18. The maximum Gasteiger partial charge on any atom is 0.248 e. The third-order valence-electron chi connectivity index (χ3n) is 4.52. The molecule has 6 nitrogen and oxygen atoms in total. The lowest BCUT2D eigenvalue weighted by Gasteiger charge is -2.26. The zero-order valence-electron chi connectivity index (χ0n) is 13.1. The van der Waals surface area contributed by atoms with Crippen LogP contribution in [0.4, 0.5) is 0 Å². The Morgan fingerprint density at radius 1 is 1.54 bits per heavy atom. The van der Waals surface area contributed by atoms with Crippen molar-refractivity contribution in [2.24, 2.45) is 0 Å². The number of fused-ring (bicyclic) bond motifs is 3. The Kier molecular flexibility index (Phi) is 3.58. The van der Waals surface area contributed by atoms with E-state index in [1.807, 2.05) is 19.2 Å². The molecule has 0 spiro atoms. The van der Waals surface area contributed by atoms with Crippen molar-refractivity contribution in [2.45, 2.75) is 19.9 Å². The molecule has 0 radical (unpaired) electrons. The monoisotopic (exact) mass is 345 g/mol. The molecule has 3 aromatic rings. The number of benzene rings is 1. The fraction of sp³-hybridized carbons (Fsp3) is 0.294. The van der Waals surface area contributed by atoms with E-state index < -0.39 is 6.61 Å². The fourth-order valence-corrected chi connectivity index (χ4v) is 3.48. The molecule has 2 aromatic heterocycles. The second kappa shape index (κ2) is 5.65. The molecule has 0 saturated heterocycles. The fourth-order valence-electron chi connectivity index (χ4n) is 3.30. The molecular formula is C17H16ClN3O3. The van der Waals surface area contributed by atoms with E-state index in [-0.39, 0.29) is 5.91 Å². The van der Waals surface area contributed by atoms with Crippen LogP contribution in [0, 0.1) is 6.92 Å². The van der Waals surface area contributed by atoms with Crippen LogP contribution in [-0.2, 0) is 17.8 Å². The molecule has 0 aliphatic carbocycles. The number of nitrogens with one attached hydrogen (secondary N) is 1. The number of furan rings is 1. The molecule has 24 heavy (non-hydrogen) atoms. The summed E-state index contributed by atoms with van der Waals surface area (Å²) in [7, 11) is 0. The summed E-state index contributed by atoms with van der Waals surface area (Å²) in [5.41, 5.74) is 4.44. The van der Waals surface area contributed by atoms with Crippen LogP contribution in [0.1, 0.15) is 16.9 Å². The average Bonchev–Trinajstić information content (AvgIpc) is 3.24. The van der Waals surface area contributed by atoms with Gasteiger partial charge in [0.2, 0.25) is 5.91 Å². The van der Waals surface area contributed by atoms with E-state index in [1.165, 1.54) is 0 Å². The minimum absolute atomic E-state index is 0.280. The molecule has 1 aromatic carbocycles. The van der Waals surface area contributed by atoms with E-state index >= 15 is 0 Å². The number of H-pyrrole nitrogens is 1. The highest BCUT2D eigenvalue weighted by Gasteiger charge is 2.28. The van der Waals surface area contributed by atoms with Crippen molar-refractivity contribution in [1.29, 1.82) is 0 Å². The molecule has 0 bridgehead atoms. The van der Waals surface area contributed by atoms with Crippen LogP contribution < -0.4 is 0 Å². The standard InChI is InChI=1S/C17H16ClN3O3/c1-9-4-11(10-5-19-20-6-10)15-12-7-21(14(23)8-22)3-2-13(12)24-17(15)16(9)18/h4-6,22H,2-3,7-8H2,1H3,(H,19,20). The molecule has 1 amide bonds. The summed E-state index contributed by atoms with van der Waals surface area (Å²) in [6, 6.07) is 2.01. The van der Waals surface area contributed by atoms with Crippen LogP contribution >= 0.6 is 11.6 Å². The maximum atomic E-state index is 11.9. The Morgan fingerprint density at radius 3 is 3.08 bits per heavy atom. The summed E-state index contributed by atoms with van der Waals surface area (Å²) < 4.78 is 6.04. The lowest BCUT2D eigenvalue weighted by Crippen LogP contribution is -2.37. The van der Waals surface area contributed by atoms with Gasteiger partial charge in [-0.2, -0.15) is 5.10 Å². The highest BCUT2D eigenvalue weighted by Crippen LogP contribution is 2.42. The SMILES string of the molecule is Cc1cc(-c2cn[nH]c2)c2c3c(oc2c1Cl)CCN(C(=O)CO)C3. The molecule has 0 saturated carbocycles. The number of rotatable bonds is 2. The van der Waals surface area contributed by atoms with Crippen molar-refractivity contribution in [3.63, 3.8) is 0 Å². The molecule has 0 fully saturated rings. The third kappa shape index (κ3) is 2.22. The zero-order valence-corrected chi connectivity index (χ0v) is 13.9. The number of aryl methyl sites for hydroxylation is 1. The molecule has 1 aliphatic rings. The Balaban J connectivity index is 1.96. The second-order valence-electron chi connectivity index (χ2n) is 5.97. The van der Waals surface area contributed by atoms with Crippen LogP contribution in [0.2, 0.25) is 5.02 Å². The third-order valence-corrected chi connectivity index (χ3v) is 4.99. The van der Waals surface area contributed by atoms with Crippen LogP contribution in [-0.4, -0.2) is 39.3 Å². The van der Waals surface area contributed by atoms with Crippen molar-refractivity contribution < 1.29 is 14.3 Å². The number of aliphatic hydroxyl groups is 1. The van der Waals surface area contributed by atoms with Crippen LogP contribution in [0.25, 0.3) is 22.1 Å². The summed E-state index contributed by atoms with van der Waals surface area (Å²) >= 11 is 6.47. The quantitative estimate of drug-likeness (QED) is 0.748. The van der Waals surface area contributed by atoms with Crippen molar-refractivity contribution in [3.8, 4) is 11.1 Å². The van der Waals surface area contributed by atoms with Crippen LogP contribution in [0.3, 0.4) is 0 Å². The van der Waals surface area contributed by atoms with Gasteiger partial charge in [-0.3, -0.25) is 9.89 Å². The number of nitrogens with zero attached hydrogens (tertiary/aromatic N) is 2. The Bertz CT molecular complexity index is 931. The number of aliphatic hydroxyl groups excluding tert-OH is 1. The van der Waals surface area contributed by atoms with E-state index in [0.717, 1.165) is 33.4 Å². The molecular weight excluding hydrogens is 330 g/mol. The van der Waals surface area contributed by atoms with Gasteiger partial charge in [0.25, 0.3) is 0 Å². The van der Waals surface area contributed by atoms with Crippen molar-refractivity contribution in [1.82, 2.24) is 15.1 Å². The summed E-state index contributed by atoms with van der Waals surface area (Å²) in [5, 5.41) is 17.5. The lowest BCUT2D eigenvalue weighted by molar-refractivity contribution is -0.135. The summed E-state index contributed by atoms with van der Waals surface area (Å²) in [4.78, 5) is 13.5. The largest absolute Gasteiger partial charge is 0.459 e. The number of aromatic amines is 1. The molecule has 2 N–H and O–H groups in total. The maximum absolute atomic E-state index is 11.9. The van der Waals surface area contributed by atoms with Crippen LogP contribution in [0.15, 0.2) is 22.9 Å². The van der Waals surface area contributed by atoms with Gasteiger partial charge in [-0.05, 0) is 24.1 Å². The molecule has 0 unspecified atom stereocenters. The van der Waals surface area contributed by atoms with E-state index in [0.29, 0.717) is 30.1 Å². The first-order chi connectivity index (χ1) is 11.6. The minimum atomic E-state index is -0.487. The topological polar surface area (TPSA) is 82.4 Å². The number of hydrogen-bond donors (Lipinski definition) is 2. The molecule has 7 heteroatoms. The molecule has 124 valence electrons. The molecule has 4 rings (SSSR count). The second-order valence-corrected chi connectivity index (χ2v) is 6.35. The number of carbonyl (C=O) groups excluding carboxylic acids is 1. The van der Waals surface area contributed by atoms with Gasteiger partial charge in [0.05, 0.1) is 11.2 Å². The van der Waals surface area contributed by atoms with Crippen molar-refractivity contribution in [3.05, 3.63) is 40.4 Å². The molecule has 3 heterocycles. The number of amides is 1. The number of aromatic nitrogens is 2. The van der Waals surface area contributed by atoms with Gasteiger partial charge in [-0.15, -0.1) is 0 Å². The van der Waals surface area contributed by atoms with Gasteiger partial charge >= 0.3 is 0 Å². The summed E-state index contributed by atoms with van der Waals surface area (Å²) in [6.45, 7) is 2.39. The van der Waals surface area contributed by atoms with Gasteiger partial charge in [-0.1, -0.05) is 11.6 Å². The highest BCUT2D eigenvalue weighted by atomic mass is 35.5. The van der Waals surface area contributed by atoms with E-state index in [2.05, 4.69) is 10.2 Å². The van der Waals surface area contributed by atoms with Crippen LogP contribution in [0.5, 0.6) is 0 Å². The first-order valence-electron chi connectivity index (χ1n) is 7.71. The first-order valence-corrected chi connectivity index (χ1v) is 8.09. The van der Waals surface area contributed by atoms with E-state index in [9.17, 15) is 4.79 Å². The van der Waals surface area contributed by atoms with Crippen molar-refractivity contribution in [2.75, 3.05) is 13.2 Å². The Morgan fingerprint density at radius 2 is 2.38 bits per heavy atom. The smallest absolute Gasteiger partial charge is 0.248 e. The zero-order chi connectivity index (χ0) is 16.8. The van der Waals surface area contributed by atoms with Gasteiger partial charge in [-0.25, -0.2) is 0 Å². The van der Waals surface area contributed by atoms with Crippen molar-refractivity contribution >= 4 is 28.5 Å². The lowest BCUT2D eigenvalue weighted by atomic mass is 9.96. The minimum Gasteiger partial charge on any atom is -0.459 e. The van der Waals surface area contributed by atoms with E-state index in [1.54, 1.807) is 11.1 Å². The van der Waals surface area contributed by atoms with Gasteiger partial charge < -0.3 is 14.4 Å². The number of hydrogen-bond acceptors (Lipinski definition) is 4. The predicted octanol–water partition coefficient (Wildman–Crippen LogP) is 2.66. The molecule has 1 aliphatic heterocycles. The van der Waals surface area contributed by atoms with Gasteiger partial charge in [0.1, 0.15) is 12.4 Å². The van der Waals surface area contributed by atoms with Gasteiger partial charge in [0, 0.05) is 42.2 Å². The number of carbonyl (C=O) groups is 1. The van der Waals surface area contributed by atoms with E-state index in [4.69, 9.17) is 21.1 Å². The average molecular weight is 346 g/mol. The highest BCUT2D eigenvalue weighted by molar-refractivity contribution is 6.36. The normalized spacial score (nSPS) is 14.2. The summed E-state index contributed by atoms with van der Waals surface area (Å²) in [5.74, 6) is 0.572. The van der Waals surface area contributed by atoms with Gasteiger partial charge in [0.15, 0.2) is 5.58 Å². The predicted molar refractivity (Wildman–Crippen MR) is 89.7 cm³/mol. The first kappa shape index (κ1) is 15.2. The Hall–Kier alpha value is -2.31. The molecule has 0 atom stereocenters.